The van der Waals surface area contributed by atoms with E-state index in [2.05, 4.69) is 27.0 Å². The number of rotatable bonds is 2. The van der Waals surface area contributed by atoms with Crippen LogP contribution in [0.5, 0.6) is 0 Å². The Balaban J connectivity index is 1.87. The van der Waals surface area contributed by atoms with Crippen molar-refractivity contribution in [2.75, 3.05) is 26.3 Å². The molecule has 2 aliphatic heterocycles. The fourth-order valence-electron chi connectivity index (χ4n) is 2.93. The van der Waals surface area contributed by atoms with Gasteiger partial charge in [0.1, 0.15) is 11.6 Å². The second-order valence-electron chi connectivity index (χ2n) is 5.01. The fourth-order valence-corrected chi connectivity index (χ4v) is 2.93. The predicted molar refractivity (Wildman–Crippen MR) is 64.1 cm³/mol. The lowest BCUT2D eigenvalue weighted by atomic mass is 9.99. The third kappa shape index (κ3) is 2.09. The number of aryl methyl sites for hydroxylation is 1. The summed E-state index contributed by atoms with van der Waals surface area (Å²) in [5.74, 6) is 2.77. The highest BCUT2D eigenvalue weighted by molar-refractivity contribution is 5.05. The van der Waals surface area contributed by atoms with E-state index >= 15 is 0 Å². The molecule has 0 spiro atoms. The predicted octanol–water partition coefficient (Wildman–Crippen LogP) is 1.01. The van der Waals surface area contributed by atoms with Gasteiger partial charge in [0.2, 0.25) is 0 Å². The molecule has 1 unspecified atom stereocenters. The van der Waals surface area contributed by atoms with Crippen molar-refractivity contribution in [3.05, 3.63) is 11.6 Å². The summed E-state index contributed by atoms with van der Waals surface area (Å²) in [7, 11) is 0. The Labute approximate surface area is 102 Å². The normalized spacial score (nSPS) is 26.5. The molecule has 1 N–H and O–H groups in total. The Morgan fingerprint density at radius 1 is 1.24 bits per heavy atom. The van der Waals surface area contributed by atoms with Gasteiger partial charge in [-0.3, -0.25) is 0 Å². The first-order valence-electron chi connectivity index (χ1n) is 6.56. The van der Waals surface area contributed by atoms with Crippen LogP contribution in [0.25, 0.3) is 0 Å². The Hall–Kier alpha value is -0.940. The lowest BCUT2D eigenvalue weighted by Crippen LogP contribution is -2.22. The zero-order valence-electron chi connectivity index (χ0n) is 10.4. The van der Waals surface area contributed by atoms with E-state index in [0.29, 0.717) is 12.0 Å². The molecule has 1 atom stereocenters. The highest BCUT2D eigenvalue weighted by Gasteiger charge is 2.27. The average Bonchev–Trinajstić information content (AvgIpc) is 2.99. The van der Waals surface area contributed by atoms with Gasteiger partial charge in [0.15, 0.2) is 0 Å². The van der Waals surface area contributed by atoms with Crippen LogP contribution in [0.1, 0.15) is 42.9 Å². The second-order valence-corrected chi connectivity index (χ2v) is 5.01. The lowest BCUT2D eigenvalue weighted by Gasteiger charge is -2.24. The number of aromatic nitrogens is 3. The molecule has 2 aliphatic rings. The maximum Gasteiger partial charge on any atom is 0.136 e. The number of nitrogens with one attached hydrogen (secondary N) is 1. The van der Waals surface area contributed by atoms with Gasteiger partial charge in [-0.2, -0.15) is 0 Å². The van der Waals surface area contributed by atoms with Gasteiger partial charge in [0.05, 0.1) is 6.04 Å². The minimum atomic E-state index is 0.533. The summed E-state index contributed by atoms with van der Waals surface area (Å²) in [5.41, 5.74) is 0. The van der Waals surface area contributed by atoms with Crippen molar-refractivity contribution >= 4 is 0 Å². The van der Waals surface area contributed by atoms with Gasteiger partial charge in [-0.1, -0.05) is 0 Å². The molecule has 94 valence electrons. The minimum Gasteiger partial charge on any atom is -0.381 e. The van der Waals surface area contributed by atoms with Gasteiger partial charge < -0.3 is 14.6 Å². The van der Waals surface area contributed by atoms with E-state index < -0.39 is 0 Å². The largest absolute Gasteiger partial charge is 0.381 e. The topological polar surface area (TPSA) is 52.0 Å². The SMILES string of the molecule is Cc1nnc(C2CCOCC2)n1C1CCNC1. The van der Waals surface area contributed by atoms with Crippen LogP contribution in [0.4, 0.5) is 0 Å². The summed E-state index contributed by atoms with van der Waals surface area (Å²) in [6.07, 6.45) is 3.35. The van der Waals surface area contributed by atoms with Gasteiger partial charge in [-0.25, -0.2) is 0 Å². The highest BCUT2D eigenvalue weighted by Crippen LogP contribution is 2.29. The summed E-state index contributed by atoms with van der Waals surface area (Å²) in [5, 5.41) is 12.1. The smallest absolute Gasteiger partial charge is 0.136 e. The summed E-state index contributed by atoms with van der Waals surface area (Å²) in [6.45, 7) is 5.94. The molecular weight excluding hydrogens is 216 g/mol. The highest BCUT2D eigenvalue weighted by atomic mass is 16.5. The maximum atomic E-state index is 5.42. The number of ether oxygens (including phenoxy) is 1. The maximum absolute atomic E-state index is 5.42. The Kier molecular flexibility index (Phi) is 3.11. The first-order valence-corrected chi connectivity index (χ1v) is 6.56. The molecule has 1 aromatic heterocycles. The average molecular weight is 236 g/mol. The molecular formula is C12H20N4O. The molecule has 1 aromatic rings. The summed E-state index contributed by atoms with van der Waals surface area (Å²) >= 11 is 0. The molecule has 0 radical (unpaired) electrons. The van der Waals surface area contributed by atoms with E-state index in [1.165, 1.54) is 12.2 Å². The van der Waals surface area contributed by atoms with Crippen molar-refractivity contribution < 1.29 is 4.74 Å². The van der Waals surface area contributed by atoms with Crippen molar-refractivity contribution in [1.29, 1.82) is 0 Å². The van der Waals surface area contributed by atoms with Crippen molar-refractivity contribution in [3.8, 4) is 0 Å². The van der Waals surface area contributed by atoms with Crippen LogP contribution in [0.3, 0.4) is 0 Å². The van der Waals surface area contributed by atoms with Crippen molar-refractivity contribution in [2.45, 2.75) is 38.1 Å². The summed E-state index contributed by atoms with van der Waals surface area (Å²) in [6, 6.07) is 0.544. The van der Waals surface area contributed by atoms with Crippen LogP contribution >= 0.6 is 0 Å². The van der Waals surface area contributed by atoms with E-state index in [0.717, 1.165) is 45.0 Å². The molecule has 0 amide bonds. The molecule has 2 saturated heterocycles. The zero-order chi connectivity index (χ0) is 11.7. The molecule has 17 heavy (non-hydrogen) atoms. The van der Waals surface area contributed by atoms with Gasteiger partial charge in [-0.15, -0.1) is 10.2 Å². The molecule has 0 aromatic carbocycles. The molecule has 0 saturated carbocycles. The third-order valence-electron chi connectivity index (χ3n) is 3.88. The first kappa shape index (κ1) is 11.2. The van der Waals surface area contributed by atoms with E-state index in [1.807, 2.05) is 0 Å². The van der Waals surface area contributed by atoms with Crippen LogP contribution in [0.15, 0.2) is 0 Å². The van der Waals surface area contributed by atoms with Gasteiger partial charge in [0, 0.05) is 25.7 Å². The molecule has 0 aliphatic carbocycles. The summed E-state index contributed by atoms with van der Waals surface area (Å²) < 4.78 is 7.78. The monoisotopic (exact) mass is 236 g/mol. The van der Waals surface area contributed by atoms with E-state index in [9.17, 15) is 0 Å². The standard InChI is InChI=1S/C12H20N4O/c1-9-14-15-12(10-3-6-17-7-4-10)16(9)11-2-5-13-8-11/h10-11,13H,2-8H2,1H3. The molecule has 5 heteroatoms. The third-order valence-corrected chi connectivity index (χ3v) is 3.88. The van der Waals surface area contributed by atoms with E-state index in [1.54, 1.807) is 0 Å². The van der Waals surface area contributed by atoms with Gasteiger partial charge >= 0.3 is 0 Å². The van der Waals surface area contributed by atoms with Crippen LogP contribution in [0.2, 0.25) is 0 Å². The van der Waals surface area contributed by atoms with Crippen LogP contribution < -0.4 is 5.32 Å². The van der Waals surface area contributed by atoms with E-state index in [4.69, 9.17) is 4.74 Å². The van der Waals surface area contributed by atoms with Crippen molar-refractivity contribution in [3.63, 3.8) is 0 Å². The first-order chi connectivity index (χ1) is 8.36. The molecule has 3 rings (SSSR count). The Bertz CT molecular complexity index is 378. The van der Waals surface area contributed by atoms with Crippen molar-refractivity contribution in [1.82, 2.24) is 20.1 Å². The lowest BCUT2D eigenvalue weighted by molar-refractivity contribution is 0.0824. The molecule has 0 bridgehead atoms. The van der Waals surface area contributed by atoms with E-state index in [-0.39, 0.29) is 0 Å². The Morgan fingerprint density at radius 2 is 2.06 bits per heavy atom. The molecule has 2 fully saturated rings. The number of nitrogens with zero attached hydrogens (tertiary/aromatic N) is 3. The minimum absolute atomic E-state index is 0.533. The Morgan fingerprint density at radius 3 is 2.76 bits per heavy atom. The molecule has 5 nitrogen and oxygen atoms in total. The van der Waals surface area contributed by atoms with Crippen LogP contribution in [0, 0.1) is 6.92 Å². The molecule has 3 heterocycles. The zero-order valence-corrected chi connectivity index (χ0v) is 10.4. The number of hydrogen-bond donors (Lipinski definition) is 1. The summed E-state index contributed by atoms with van der Waals surface area (Å²) in [4.78, 5) is 0. The second kappa shape index (κ2) is 4.74. The van der Waals surface area contributed by atoms with Gasteiger partial charge in [-0.05, 0) is 32.7 Å². The number of hydrogen-bond acceptors (Lipinski definition) is 4. The fraction of sp³-hybridized carbons (Fsp3) is 0.833. The van der Waals surface area contributed by atoms with Gasteiger partial charge in [0.25, 0.3) is 0 Å². The van der Waals surface area contributed by atoms with Crippen molar-refractivity contribution in [2.24, 2.45) is 0 Å². The quantitative estimate of drug-likeness (QED) is 0.833. The van der Waals surface area contributed by atoms with Crippen LogP contribution in [-0.4, -0.2) is 41.1 Å². The van der Waals surface area contributed by atoms with Crippen LogP contribution in [-0.2, 0) is 4.74 Å².